The van der Waals surface area contributed by atoms with Gasteiger partial charge in [0.15, 0.2) is 0 Å². The molecule has 0 aromatic carbocycles. The topological polar surface area (TPSA) is 81.4 Å². The van der Waals surface area contributed by atoms with Gasteiger partial charge in [0, 0.05) is 12.5 Å². The van der Waals surface area contributed by atoms with E-state index in [2.05, 4.69) is 4.98 Å². The van der Waals surface area contributed by atoms with Crippen LogP contribution in [0.25, 0.3) is 6.08 Å². The third-order valence-electron chi connectivity index (χ3n) is 2.59. The van der Waals surface area contributed by atoms with Crippen LogP contribution in [-0.2, 0) is 16.0 Å². The van der Waals surface area contributed by atoms with Gasteiger partial charge >= 0.3 is 12.1 Å². The van der Waals surface area contributed by atoms with Crippen LogP contribution in [0.1, 0.15) is 52.1 Å². The molecule has 0 radical (unpaired) electrons. The van der Waals surface area contributed by atoms with Crippen LogP contribution in [0.2, 0.25) is 0 Å². The molecule has 6 heteroatoms. The van der Waals surface area contributed by atoms with Crippen molar-refractivity contribution in [2.24, 2.45) is 0 Å². The molecule has 116 valence electrons. The van der Waals surface area contributed by atoms with Crippen molar-refractivity contribution in [3.8, 4) is 0 Å². The molecule has 1 aromatic rings. The number of aromatic nitrogens is 2. The van der Waals surface area contributed by atoms with Crippen molar-refractivity contribution in [3.63, 3.8) is 0 Å². The lowest BCUT2D eigenvalue weighted by Crippen LogP contribution is -2.28. The monoisotopic (exact) mass is 294 g/mol. The number of unbranched alkanes of at least 4 members (excludes halogenated alkanes) is 1. The van der Waals surface area contributed by atoms with Crippen molar-refractivity contribution in [2.45, 2.75) is 52.6 Å². The van der Waals surface area contributed by atoms with Crippen molar-refractivity contribution >= 4 is 18.1 Å². The highest BCUT2D eigenvalue weighted by Gasteiger charge is 2.22. The molecular weight excluding hydrogens is 272 g/mol. The molecule has 0 amide bonds. The predicted molar refractivity (Wildman–Crippen MR) is 79.1 cm³/mol. The Bertz CT molecular complexity index is 538. The zero-order valence-corrected chi connectivity index (χ0v) is 12.9. The Hall–Kier alpha value is -2.11. The Kier molecular flexibility index (Phi) is 5.69. The van der Waals surface area contributed by atoms with Crippen LogP contribution in [0.3, 0.4) is 0 Å². The number of ether oxygens (including phenoxy) is 1. The molecule has 0 aliphatic rings. The van der Waals surface area contributed by atoms with Crippen LogP contribution in [0.15, 0.2) is 12.3 Å². The van der Waals surface area contributed by atoms with E-state index in [0.717, 1.165) is 18.9 Å². The summed E-state index contributed by atoms with van der Waals surface area (Å²) >= 11 is 0. The normalized spacial score (nSPS) is 11.8. The van der Waals surface area contributed by atoms with Gasteiger partial charge in [0.25, 0.3) is 0 Å². The Morgan fingerprint density at radius 3 is 2.62 bits per heavy atom. The molecule has 0 aliphatic heterocycles. The first kappa shape index (κ1) is 16.9. The van der Waals surface area contributed by atoms with E-state index in [-0.39, 0.29) is 0 Å². The first-order chi connectivity index (χ1) is 9.74. The Labute approximate surface area is 124 Å². The fourth-order valence-electron chi connectivity index (χ4n) is 1.71. The van der Waals surface area contributed by atoms with Crippen LogP contribution in [-0.4, -0.2) is 32.3 Å². The number of carboxylic acids is 1. The summed E-state index contributed by atoms with van der Waals surface area (Å²) in [4.78, 5) is 27.1. The van der Waals surface area contributed by atoms with Gasteiger partial charge in [0.1, 0.15) is 11.4 Å². The first-order valence-electron chi connectivity index (χ1n) is 6.95. The largest absolute Gasteiger partial charge is 0.478 e. The molecular formula is C15H22N2O4. The number of hydrogen-bond acceptors (Lipinski definition) is 4. The molecule has 1 rings (SSSR count). The van der Waals surface area contributed by atoms with E-state index in [1.165, 1.54) is 16.8 Å². The van der Waals surface area contributed by atoms with E-state index in [0.29, 0.717) is 17.9 Å². The van der Waals surface area contributed by atoms with Gasteiger partial charge in [-0.3, -0.25) is 0 Å². The van der Waals surface area contributed by atoms with E-state index in [4.69, 9.17) is 9.84 Å². The summed E-state index contributed by atoms with van der Waals surface area (Å²) < 4.78 is 6.69. The fourth-order valence-corrected chi connectivity index (χ4v) is 1.71. The third-order valence-corrected chi connectivity index (χ3v) is 2.59. The Morgan fingerprint density at radius 1 is 1.43 bits per heavy atom. The number of hydrogen-bond donors (Lipinski definition) is 1. The van der Waals surface area contributed by atoms with Crippen LogP contribution >= 0.6 is 0 Å². The zero-order valence-electron chi connectivity index (χ0n) is 12.9. The average Bonchev–Trinajstić information content (AvgIpc) is 2.74. The highest BCUT2D eigenvalue weighted by atomic mass is 16.6. The molecule has 1 N–H and O–H groups in total. The molecule has 0 fully saturated rings. The Balaban J connectivity index is 3.12. The fraction of sp³-hybridized carbons (Fsp3) is 0.533. The summed E-state index contributed by atoms with van der Waals surface area (Å²) in [5.74, 6) is -0.502. The minimum Gasteiger partial charge on any atom is -0.478 e. The number of carboxylic acid groups (broad SMARTS) is 1. The molecule has 21 heavy (non-hydrogen) atoms. The molecule has 0 spiro atoms. The average molecular weight is 294 g/mol. The van der Waals surface area contributed by atoms with Gasteiger partial charge in [-0.1, -0.05) is 13.3 Å². The maximum absolute atomic E-state index is 12.3. The third kappa shape index (κ3) is 5.41. The molecule has 1 aromatic heterocycles. The standard InChI is InChI=1S/C15H22N2O4/c1-5-6-7-12-16-10-11(8-9-13(18)19)17(12)14(20)21-15(2,3)4/h8-10H,5-7H2,1-4H3,(H,18,19). The second-order valence-electron chi connectivity index (χ2n) is 5.69. The summed E-state index contributed by atoms with van der Waals surface area (Å²) in [7, 11) is 0. The van der Waals surface area contributed by atoms with E-state index in [9.17, 15) is 9.59 Å². The molecule has 0 atom stereocenters. The van der Waals surface area contributed by atoms with Gasteiger partial charge in [-0.15, -0.1) is 0 Å². The van der Waals surface area contributed by atoms with E-state index in [1.54, 1.807) is 20.8 Å². The van der Waals surface area contributed by atoms with E-state index >= 15 is 0 Å². The highest BCUT2D eigenvalue weighted by Crippen LogP contribution is 2.15. The lowest BCUT2D eigenvalue weighted by atomic mass is 10.2. The number of imidazole rings is 1. The van der Waals surface area contributed by atoms with Crippen LogP contribution in [0.5, 0.6) is 0 Å². The smallest absolute Gasteiger partial charge is 0.420 e. The number of aliphatic carboxylic acids is 1. The van der Waals surface area contributed by atoms with Crippen molar-refractivity contribution in [3.05, 3.63) is 23.8 Å². The van der Waals surface area contributed by atoms with Gasteiger partial charge in [-0.05, 0) is 33.3 Å². The molecule has 0 saturated carbocycles. The summed E-state index contributed by atoms with van der Waals surface area (Å²) in [5, 5.41) is 8.71. The van der Waals surface area contributed by atoms with Crippen LogP contribution in [0.4, 0.5) is 4.79 Å². The van der Waals surface area contributed by atoms with E-state index < -0.39 is 17.7 Å². The molecule has 0 saturated heterocycles. The molecule has 6 nitrogen and oxygen atoms in total. The lowest BCUT2D eigenvalue weighted by molar-refractivity contribution is -0.131. The highest BCUT2D eigenvalue weighted by molar-refractivity contribution is 5.86. The number of nitrogens with zero attached hydrogens (tertiary/aromatic N) is 2. The molecule has 0 aliphatic carbocycles. The summed E-state index contributed by atoms with van der Waals surface area (Å²) in [5.41, 5.74) is -0.227. The number of carbonyl (C=O) groups excluding carboxylic acids is 1. The van der Waals surface area contributed by atoms with Gasteiger partial charge in [0.2, 0.25) is 0 Å². The van der Waals surface area contributed by atoms with Crippen molar-refractivity contribution in [2.75, 3.05) is 0 Å². The summed E-state index contributed by atoms with van der Waals surface area (Å²) in [6.45, 7) is 7.38. The van der Waals surface area contributed by atoms with Gasteiger partial charge in [-0.25, -0.2) is 19.1 Å². The minimum atomic E-state index is -1.08. The first-order valence-corrected chi connectivity index (χ1v) is 6.95. The quantitative estimate of drug-likeness (QED) is 0.844. The van der Waals surface area contributed by atoms with E-state index in [1.807, 2.05) is 6.92 Å². The molecule has 1 heterocycles. The lowest BCUT2D eigenvalue weighted by Gasteiger charge is -2.20. The SMILES string of the molecule is CCCCc1ncc(C=CC(=O)O)n1C(=O)OC(C)(C)C. The number of rotatable bonds is 5. The van der Waals surface area contributed by atoms with Crippen LogP contribution < -0.4 is 0 Å². The van der Waals surface area contributed by atoms with Crippen molar-refractivity contribution in [1.29, 1.82) is 0 Å². The summed E-state index contributed by atoms with van der Waals surface area (Å²) in [6.07, 6.45) is 5.75. The predicted octanol–water partition coefficient (Wildman–Crippen LogP) is 3.11. The second kappa shape index (κ2) is 7.06. The van der Waals surface area contributed by atoms with Crippen molar-refractivity contribution in [1.82, 2.24) is 9.55 Å². The Morgan fingerprint density at radius 2 is 2.10 bits per heavy atom. The van der Waals surface area contributed by atoms with Crippen molar-refractivity contribution < 1.29 is 19.4 Å². The second-order valence-corrected chi connectivity index (χ2v) is 5.69. The zero-order chi connectivity index (χ0) is 16.0. The minimum absolute atomic E-state index is 0.401. The molecule has 0 unspecified atom stereocenters. The maximum atomic E-state index is 12.3. The van der Waals surface area contributed by atoms with Gasteiger partial charge < -0.3 is 9.84 Å². The summed E-state index contributed by atoms with van der Waals surface area (Å²) in [6, 6.07) is 0. The maximum Gasteiger partial charge on any atom is 0.420 e. The van der Waals surface area contributed by atoms with Gasteiger partial charge in [-0.2, -0.15) is 0 Å². The molecule has 0 bridgehead atoms. The van der Waals surface area contributed by atoms with Gasteiger partial charge in [0.05, 0.1) is 11.9 Å². The number of carbonyl (C=O) groups is 2. The number of aryl methyl sites for hydroxylation is 1. The van der Waals surface area contributed by atoms with Crippen LogP contribution in [0, 0.1) is 0 Å².